The Labute approximate surface area is 145 Å². The molecule has 0 saturated heterocycles. The van der Waals surface area contributed by atoms with Crippen LogP contribution in [0.2, 0.25) is 0 Å². The third-order valence-corrected chi connectivity index (χ3v) is 5.59. The van der Waals surface area contributed by atoms with E-state index in [0.29, 0.717) is 28.7 Å². The van der Waals surface area contributed by atoms with Crippen LogP contribution in [0.5, 0.6) is 0 Å². The summed E-state index contributed by atoms with van der Waals surface area (Å²) < 4.78 is 1.66. The number of nitrogens with two attached hydrogens (primary N) is 1. The molecule has 3 rings (SSSR count). The highest BCUT2D eigenvalue weighted by molar-refractivity contribution is 7.17. The summed E-state index contributed by atoms with van der Waals surface area (Å²) >= 11 is 1.47. The quantitative estimate of drug-likeness (QED) is 0.892. The third-order valence-electron chi connectivity index (χ3n) is 4.42. The minimum Gasteiger partial charge on any atom is -0.365 e. The van der Waals surface area contributed by atoms with Gasteiger partial charge in [-0.25, -0.2) is 0 Å². The molecule has 24 heavy (non-hydrogen) atoms. The number of aromatic nitrogens is 2. The number of primary amides is 1. The number of hydrogen-bond acceptors (Lipinski definition) is 4. The van der Waals surface area contributed by atoms with E-state index < -0.39 is 5.91 Å². The van der Waals surface area contributed by atoms with Crippen molar-refractivity contribution in [3.63, 3.8) is 0 Å². The lowest BCUT2D eigenvalue weighted by Gasteiger charge is -2.18. The van der Waals surface area contributed by atoms with E-state index in [4.69, 9.17) is 5.73 Å². The molecule has 0 radical (unpaired) electrons. The van der Waals surface area contributed by atoms with E-state index in [9.17, 15) is 9.59 Å². The first-order chi connectivity index (χ1) is 11.4. The molecule has 0 aliphatic heterocycles. The maximum atomic E-state index is 12.6. The number of aryl methyl sites for hydroxylation is 2. The van der Waals surface area contributed by atoms with Crippen molar-refractivity contribution in [2.45, 2.75) is 46.6 Å². The minimum absolute atomic E-state index is 0.258. The molecule has 2 amide bonds. The van der Waals surface area contributed by atoms with Gasteiger partial charge in [0.05, 0.1) is 11.3 Å². The molecule has 2 aromatic heterocycles. The molecule has 3 N–H and O–H groups in total. The van der Waals surface area contributed by atoms with Crippen LogP contribution in [0.25, 0.3) is 0 Å². The second-order valence-electron chi connectivity index (χ2n) is 6.36. The lowest BCUT2D eigenvalue weighted by molar-refractivity contribution is 0.1000. The molecule has 128 valence electrons. The van der Waals surface area contributed by atoms with Crippen LogP contribution in [0.15, 0.2) is 6.07 Å². The molecule has 7 heteroatoms. The maximum Gasteiger partial charge on any atom is 0.274 e. The molecule has 0 fully saturated rings. The van der Waals surface area contributed by atoms with E-state index in [-0.39, 0.29) is 5.91 Å². The molecule has 0 bridgehead atoms. The molecule has 1 aliphatic rings. The molecule has 6 nitrogen and oxygen atoms in total. The van der Waals surface area contributed by atoms with Crippen molar-refractivity contribution < 1.29 is 9.59 Å². The molecular formula is C17H22N4O2S. The first-order valence-electron chi connectivity index (χ1n) is 8.20. The molecule has 0 aromatic carbocycles. The summed E-state index contributed by atoms with van der Waals surface area (Å²) in [4.78, 5) is 25.7. The standard InChI is InChI=1S/C17H22N4O2S/c1-4-21-12(8-10(3)20-21)16(23)19-17-14(15(18)22)11-6-5-9(2)7-13(11)24-17/h8-9H,4-7H2,1-3H3,(H2,18,22)(H,19,23). The predicted molar refractivity (Wildman–Crippen MR) is 94.6 cm³/mol. The normalized spacial score (nSPS) is 16.7. The zero-order valence-corrected chi connectivity index (χ0v) is 15.0. The number of amides is 2. The van der Waals surface area contributed by atoms with Gasteiger partial charge < -0.3 is 11.1 Å². The van der Waals surface area contributed by atoms with Gasteiger partial charge in [-0.15, -0.1) is 11.3 Å². The average molecular weight is 346 g/mol. The maximum absolute atomic E-state index is 12.6. The number of carbonyl (C=O) groups excluding carboxylic acids is 2. The average Bonchev–Trinajstić information content (AvgIpc) is 3.06. The SMILES string of the molecule is CCn1nc(C)cc1C(=O)Nc1sc2c(c1C(N)=O)CCC(C)C2. The zero-order valence-electron chi connectivity index (χ0n) is 14.2. The van der Waals surface area contributed by atoms with E-state index >= 15 is 0 Å². The minimum atomic E-state index is -0.475. The molecule has 1 aliphatic carbocycles. The van der Waals surface area contributed by atoms with Gasteiger partial charge >= 0.3 is 0 Å². The molecule has 0 spiro atoms. The van der Waals surface area contributed by atoms with E-state index in [1.165, 1.54) is 11.3 Å². The lowest BCUT2D eigenvalue weighted by atomic mass is 9.88. The summed E-state index contributed by atoms with van der Waals surface area (Å²) in [5.41, 5.74) is 8.37. The Morgan fingerprint density at radius 3 is 2.92 bits per heavy atom. The van der Waals surface area contributed by atoms with E-state index in [1.54, 1.807) is 10.7 Å². The molecule has 2 heterocycles. The van der Waals surface area contributed by atoms with Crippen molar-refractivity contribution in [1.29, 1.82) is 0 Å². The number of hydrogen-bond donors (Lipinski definition) is 2. The summed E-state index contributed by atoms with van der Waals surface area (Å²) in [5.74, 6) is -0.145. The van der Waals surface area contributed by atoms with Crippen LogP contribution < -0.4 is 11.1 Å². The Balaban J connectivity index is 1.95. The van der Waals surface area contributed by atoms with E-state index in [2.05, 4.69) is 17.3 Å². The van der Waals surface area contributed by atoms with Crippen LogP contribution in [-0.2, 0) is 19.4 Å². The zero-order chi connectivity index (χ0) is 17.4. The fraction of sp³-hybridized carbons (Fsp3) is 0.471. The van der Waals surface area contributed by atoms with Gasteiger partial charge in [-0.1, -0.05) is 6.92 Å². The summed E-state index contributed by atoms with van der Waals surface area (Å²) in [7, 11) is 0. The largest absolute Gasteiger partial charge is 0.365 e. The first kappa shape index (κ1) is 16.7. The van der Waals surface area contributed by atoms with Gasteiger partial charge in [0.2, 0.25) is 0 Å². The number of rotatable bonds is 4. The second kappa shape index (κ2) is 6.39. The van der Waals surface area contributed by atoms with Gasteiger partial charge in [-0.05, 0) is 50.7 Å². The van der Waals surface area contributed by atoms with Gasteiger partial charge in [0, 0.05) is 11.4 Å². The van der Waals surface area contributed by atoms with Crippen LogP contribution in [0.4, 0.5) is 5.00 Å². The van der Waals surface area contributed by atoms with Crippen molar-refractivity contribution in [3.8, 4) is 0 Å². The Morgan fingerprint density at radius 2 is 2.25 bits per heavy atom. The molecule has 1 unspecified atom stereocenters. The molecule has 2 aromatic rings. The smallest absolute Gasteiger partial charge is 0.274 e. The van der Waals surface area contributed by atoms with Crippen molar-refractivity contribution >= 4 is 28.2 Å². The molecular weight excluding hydrogens is 324 g/mol. The Kier molecular flexibility index (Phi) is 4.45. The van der Waals surface area contributed by atoms with Gasteiger partial charge in [-0.3, -0.25) is 14.3 Å². The van der Waals surface area contributed by atoms with Crippen molar-refractivity contribution in [3.05, 3.63) is 33.5 Å². The highest BCUT2D eigenvalue weighted by atomic mass is 32.1. The van der Waals surface area contributed by atoms with Crippen LogP contribution in [-0.4, -0.2) is 21.6 Å². The van der Waals surface area contributed by atoms with Gasteiger partial charge in [-0.2, -0.15) is 5.10 Å². The number of fused-ring (bicyclic) bond motifs is 1. The van der Waals surface area contributed by atoms with Crippen LogP contribution >= 0.6 is 11.3 Å². The molecule has 1 atom stereocenters. The first-order valence-corrected chi connectivity index (χ1v) is 9.02. The highest BCUT2D eigenvalue weighted by Crippen LogP contribution is 2.39. The predicted octanol–water partition coefficient (Wildman–Crippen LogP) is 2.75. The van der Waals surface area contributed by atoms with Crippen LogP contribution in [0.1, 0.15) is 57.2 Å². The number of nitrogens with one attached hydrogen (secondary N) is 1. The number of anilines is 1. The summed E-state index contributed by atoms with van der Waals surface area (Å²) in [6, 6.07) is 1.75. The van der Waals surface area contributed by atoms with Gasteiger partial charge in [0.25, 0.3) is 11.8 Å². The summed E-state index contributed by atoms with van der Waals surface area (Å²) in [6.07, 6.45) is 2.81. The Bertz CT molecular complexity index is 806. The summed E-state index contributed by atoms with van der Waals surface area (Å²) in [6.45, 7) is 6.59. The van der Waals surface area contributed by atoms with Crippen LogP contribution in [0.3, 0.4) is 0 Å². The second-order valence-corrected chi connectivity index (χ2v) is 7.47. The van der Waals surface area contributed by atoms with Gasteiger partial charge in [0.1, 0.15) is 10.7 Å². The monoisotopic (exact) mass is 346 g/mol. The van der Waals surface area contributed by atoms with Crippen molar-refractivity contribution in [1.82, 2.24) is 9.78 Å². The van der Waals surface area contributed by atoms with E-state index in [1.807, 2.05) is 13.8 Å². The Hall–Kier alpha value is -2.15. The van der Waals surface area contributed by atoms with Crippen LogP contribution in [0, 0.1) is 12.8 Å². The third kappa shape index (κ3) is 2.96. The van der Waals surface area contributed by atoms with Crippen molar-refractivity contribution in [2.24, 2.45) is 11.7 Å². The number of thiophene rings is 1. The molecule has 0 saturated carbocycles. The number of nitrogens with zero attached hydrogens (tertiary/aromatic N) is 2. The fourth-order valence-corrected chi connectivity index (χ4v) is 4.65. The summed E-state index contributed by atoms with van der Waals surface area (Å²) in [5, 5.41) is 7.74. The lowest BCUT2D eigenvalue weighted by Crippen LogP contribution is -2.21. The topological polar surface area (TPSA) is 90.0 Å². The van der Waals surface area contributed by atoms with E-state index in [0.717, 1.165) is 35.4 Å². The highest BCUT2D eigenvalue weighted by Gasteiger charge is 2.27. The fourth-order valence-electron chi connectivity index (χ4n) is 3.24. The van der Waals surface area contributed by atoms with Gasteiger partial charge in [0.15, 0.2) is 0 Å². The Morgan fingerprint density at radius 1 is 1.50 bits per heavy atom. The van der Waals surface area contributed by atoms with Crippen molar-refractivity contribution in [2.75, 3.05) is 5.32 Å². The number of carbonyl (C=O) groups is 2.